The first kappa shape index (κ1) is 14.9. The fourth-order valence-corrected chi connectivity index (χ4v) is 3.51. The maximum Gasteiger partial charge on any atom is 0.194 e. The summed E-state index contributed by atoms with van der Waals surface area (Å²) in [6, 6.07) is 0. The highest BCUT2D eigenvalue weighted by Gasteiger charge is 2.46. The van der Waals surface area contributed by atoms with Gasteiger partial charge in [-0.3, -0.25) is 14.4 Å². The first-order valence-corrected chi connectivity index (χ1v) is 7.40. The number of carbonyl (C=O) groups excluding carboxylic acids is 3. The van der Waals surface area contributed by atoms with Gasteiger partial charge in [0.25, 0.3) is 0 Å². The molecule has 0 saturated carbocycles. The Morgan fingerprint density at radius 1 is 1.09 bits per heavy atom. The fraction of sp³-hybridized carbons (Fsp3) is 0.389. The molecule has 0 radical (unpaired) electrons. The number of carbonyl (C=O) groups is 3. The summed E-state index contributed by atoms with van der Waals surface area (Å²) in [7, 11) is 0. The van der Waals surface area contributed by atoms with Gasteiger partial charge < -0.3 is 5.11 Å². The van der Waals surface area contributed by atoms with Gasteiger partial charge in [0.05, 0.1) is 12.2 Å². The first-order valence-electron chi connectivity index (χ1n) is 7.40. The largest absolute Gasteiger partial charge is 0.395 e. The van der Waals surface area contributed by atoms with E-state index >= 15 is 0 Å². The van der Waals surface area contributed by atoms with Gasteiger partial charge >= 0.3 is 0 Å². The summed E-state index contributed by atoms with van der Waals surface area (Å²) in [5, 5.41) is 9.55. The Kier molecular flexibility index (Phi) is 3.18. The molecule has 0 heterocycles. The number of allylic oxidation sites excluding steroid dienone is 6. The number of ketones is 3. The van der Waals surface area contributed by atoms with Crippen LogP contribution in [0.15, 0.2) is 46.6 Å². The van der Waals surface area contributed by atoms with Gasteiger partial charge in [0.15, 0.2) is 17.3 Å². The minimum Gasteiger partial charge on any atom is -0.395 e. The van der Waals surface area contributed by atoms with Gasteiger partial charge in [-0.2, -0.15) is 0 Å². The Morgan fingerprint density at radius 2 is 1.77 bits per heavy atom. The number of hydrogen-bond acceptors (Lipinski definition) is 4. The van der Waals surface area contributed by atoms with Gasteiger partial charge in [0, 0.05) is 34.0 Å². The van der Waals surface area contributed by atoms with E-state index in [2.05, 4.69) is 0 Å². The van der Waals surface area contributed by atoms with E-state index in [1.165, 1.54) is 6.08 Å². The van der Waals surface area contributed by atoms with Crippen LogP contribution in [0.2, 0.25) is 0 Å². The lowest BCUT2D eigenvalue weighted by Crippen LogP contribution is -2.40. The standard InChI is InChI=1S/C18H18O4/c1-9-4-5-10(8-19)13-12(9)16(21)14-11(20)6-7-18(2,3)15(14)17(13)22/h4-7,9-10,19H,8H2,1-3H3. The van der Waals surface area contributed by atoms with Gasteiger partial charge in [-0.25, -0.2) is 0 Å². The van der Waals surface area contributed by atoms with Crippen molar-refractivity contribution in [2.24, 2.45) is 17.3 Å². The van der Waals surface area contributed by atoms with Crippen molar-refractivity contribution in [1.82, 2.24) is 0 Å². The zero-order valence-electron chi connectivity index (χ0n) is 12.8. The molecule has 4 nitrogen and oxygen atoms in total. The zero-order chi connectivity index (χ0) is 16.2. The van der Waals surface area contributed by atoms with Crippen molar-refractivity contribution in [3.63, 3.8) is 0 Å². The lowest BCUT2D eigenvalue weighted by molar-refractivity contribution is -0.121. The third kappa shape index (κ3) is 1.83. The Hall–Kier alpha value is -2.07. The van der Waals surface area contributed by atoms with Crippen molar-refractivity contribution in [2.45, 2.75) is 20.8 Å². The predicted octanol–water partition coefficient (Wildman–Crippen LogP) is 1.71. The van der Waals surface area contributed by atoms with Crippen LogP contribution in [0.4, 0.5) is 0 Å². The Bertz CT molecular complexity index is 728. The molecule has 4 heteroatoms. The van der Waals surface area contributed by atoms with Gasteiger partial charge in [0.2, 0.25) is 0 Å². The minimum atomic E-state index is -0.668. The monoisotopic (exact) mass is 298 g/mol. The fourth-order valence-electron chi connectivity index (χ4n) is 3.51. The number of aliphatic hydroxyl groups excluding tert-OH is 1. The zero-order valence-corrected chi connectivity index (χ0v) is 12.8. The van der Waals surface area contributed by atoms with Gasteiger partial charge in [-0.05, 0) is 6.08 Å². The number of rotatable bonds is 1. The number of aliphatic hydroxyl groups is 1. The van der Waals surface area contributed by atoms with E-state index in [1.807, 2.05) is 26.8 Å². The molecule has 0 aromatic heterocycles. The lowest BCUT2D eigenvalue weighted by atomic mass is 9.64. The molecule has 0 fully saturated rings. The number of Topliss-reactive ketones (excluding diaryl/α,β-unsaturated/α-hetero) is 2. The highest BCUT2D eigenvalue weighted by Crippen LogP contribution is 2.45. The van der Waals surface area contributed by atoms with Gasteiger partial charge in [-0.1, -0.05) is 39.0 Å². The molecule has 0 amide bonds. The smallest absolute Gasteiger partial charge is 0.194 e. The Labute approximate surface area is 128 Å². The Morgan fingerprint density at radius 3 is 2.41 bits per heavy atom. The molecule has 0 bridgehead atoms. The van der Waals surface area contributed by atoms with Crippen molar-refractivity contribution in [1.29, 1.82) is 0 Å². The minimum absolute atomic E-state index is 0.00934. The maximum atomic E-state index is 13.0. The normalized spacial score (nSPS) is 29.9. The molecule has 3 aliphatic rings. The summed E-state index contributed by atoms with van der Waals surface area (Å²) in [5.74, 6) is -1.75. The highest BCUT2D eigenvalue weighted by atomic mass is 16.3. The highest BCUT2D eigenvalue weighted by molar-refractivity contribution is 6.38. The van der Waals surface area contributed by atoms with E-state index in [0.29, 0.717) is 11.1 Å². The summed E-state index contributed by atoms with van der Waals surface area (Å²) in [6.45, 7) is 5.23. The van der Waals surface area contributed by atoms with Crippen LogP contribution < -0.4 is 0 Å². The SMILES string of the molecule is CC1C=CC(CO)C2=C1C(=O)C1=C(C2=O)C(C)(C)C=CC1=O. The topological polar surface area (TPSA) is 71.4 Å². The third-order valence-corrected chi connectivity index (χ3v) is 4.68. The van der Waals surface area contributed by atoms with Gasteiger partial charge in [-0.15, -0.1) is 0 Å². The molecule has 0 aromatic carbocycles. The van der Waals surface area contributed by atoms with Crippen molar-refractivity contribution < 1.29 is 19.5 Å². The number of hydrogen-bond donors (Lipinski definition) is 1. The molecule has 1 N–H and O–H groups in total. The van der Waals surface area contributed by atoms with Crippen molar-refractivity contribution in [3.8, 4) is 0 Å². The van der Waals surface area contributed by atoms with E-state index < -0.39 is 17.1 Å². The third-order valence-electron chi connectivity index (χ3n) is 4.68. The van der Waals surface area contributed by atoms with E-state index in [4.69, 9.17) is 0 Å². The average molecular weight is 298 g/mol. The summed E-state index contributed by atoms with van der Waals surface area (Å²) in [4.78, 5) is 38.1. The summed E-state index contributed by atoms with van der Waals surface area (Å²) >= 11 is 0. The van der Waals surface area contributed by atoms with Crippen LogP contribution in [0.1, 0.15) is 20.8 Å². The van der Waals surface area contributed by atoms with E-state index in [1.54, 1.807) is 12.2 Å². The van der Waals surface area contributed by atoms with Crippen LogP contribution in [0.3, 0.4) is 0 Å². The molecular weight excluding hydrogens is 280 g/mol. The van der Waals surface area contributed by atoms with E-state index in [0.717, 1.165) is 0 Å². The second kappa shape index (κ2) is 4.71. The van der Waals surface area contributed by atoms with Crippen LogP contribution >= 0.6 is 0 Å². The molecule has 114 valence electrons. The summed E-state index contributed by atoms with van der Waals surface area (Å²) in [5.41, 5.74) is 0.334. The lowest BCUT2D eigenvalue weighted by Gasteiger charge is -2.36. The first-order chi connectivity index (χ1) is 10.3. The summed E-state index contributed by atoms with van der Waals surface area (Å²) in [6.07, 6.45) is 6.63. The van der Waals surface area contributed by atoms with Crippen LogP contribution in [0.25, 0.3) is 0 Å². The van der Waals surface area contributed by atoms with Crippen molar-refractivity contribution in [2.75, 3.05) is 6.61 Å². The maximum absolute atomic E-state index is 13.0. The molecule has 3 aliphatic carbocycles. The molecule has 0 aliphatic heterocycles. The molecule has 2 unspecified atom stereocenters. The molecule has 0 aromatic rings. The van der Waals surface area contributed by atoms with Crippen LogP contribution in [-0.2, 0) is 14.4 Å². The molecule has 2 atom stereocenters. The molecular formula is C18H18O4. The summed E-state index contributed by atoms with van der Waals surface area (Å²) < 4.78 is 0. The average Bonchev–Trinajstić information content (AvgIpc) is 2.46. The van der Waals surface area contributed by atoms with Crippen LogP contribution in [-0.4, -0.2) is 29.1 Å². The Balaban J connectivity index is 2.25. The molecule has 3 rings (SSSR count). The second-order valence-corrected chi connectivity index (χ2v) is 6.62. The molecule has 0 spiro atoms. The van der Waals surface area contributed by atoms with Crippen molar-refractivity contribution >= 4 is 17.3 Å². The van der Waals surface area contributed by atoms with Gasteiger partial charge in [0.1, 0.15) is 0 Å². The van der Waals surface area contributed by atoms with Crippen LogP contribution in [0.5, 0.6) is 0 Å². The van der Waals surface area contributed by atoms with E-state index in [9.17, 15) is 19.5 Å². The van der Waals surface area contributed by atoms with Crippen LogP contribution in [0, 0.1) is 17.3 Å². The second-order valence-electron chi connectivity index (χ2n) is 6.62. The molecule has 0 saturated heterocycles. The molecule has 22 heavy (non-hydrogen) atoms. The van der Waals surface area contributed by atoms with E-state index in [-0.39, 0.29) is 35.2 Å². The predicted molar refractivity (Wildman–Crippen MR) is 80.9 cm³/mol. The quantitative estimate of drug-likeness (QED) is 0.454. The van der Waals surface area contributed by atoms with Crippen molar-refractivity contribution in [3.05, 3.63) is 46.6 Å².